The quantitative estimate of drug-likeness (QED) is 0.261. The van der Waals surface area contributed by atoms with E-state index in [1.807, 2.05) is 0 Å². The van der Waals surface area contributed by atoms with Crippen LogP contribution in [0.25, 0.3) is 0 Å². The van der Waals surface area contributed by atoms with E-state index in [4.69, 9.17) is 25.5 Å². The number of phenols is 1. The number of ether oxygens (including phenoxy) is 1. The van der Waals surface area contributed by atoms with Crippen LogP contribution in [0.2, 0.25) is 0 Å². The van der Waals surface area contributed by atoms with Crippen molar-refractivity contribution in [3.05, 3.63) is 71.3 Å². The summed E-state index contributed by atoms with van der Waals surface area (Å²) in [5, 5.41) is 43.5. The maximum Gasteiger partial charge on any atom is 0.335 e. The van der Waals surface area contributed by atoms with Crippen molar-refractivity contribution in [1.82, 2.24) is 0 Å². The van der Waals surface area contributed by atoms with E-state index in [0.717, 1.165) is 42.5 Å². The summed E-state index contributed by atoms with van der Waals surface area (Å²) >= 11 is 0. The minimum atomic E-state index is -1.32. The average molecular weight is 418 g/mol. The van der Waals surface area contributed by atoms with Gasteiger partial charge in [-0.3, -0.25) is 0 Å². The highest BCUT2D eigenvalue weighted by molar-refractivity contribution is 5.95. The molecule has 0 aliphatic heterocycles. The van der Waals surface area contributed by atoms with Crippen LogP contribution in [0.4, 0.5) is 0 Å². The molecule has 0 spiro atoms. The second kappa shape index (κ2) is 10.0. The zero-order chi connectivity index (χ0) is 23.0. The highest BCUT2D eigenvalue weighted by atomic mass is 16.5. The van der Waals surface area contributed by atoms with Crippen LogP contribution in [0.1, 0.15) is 41.4 Å². The fourth-order valence-corrected chi connectivity index (χ4v) is 1.92. The third-order valence-electron chi connectivity index (χ3n) is 3.20. The minimum Gasteiger partial charge on any atom is -0.508 e. The summed E-state index contributed by atoms with van der Waals surface area (Å²) < 4.78 is 4.66. The highest BCUT2D eigenvalue weighted by Gasteiger charge is 2.13. The van der Waals surface area contributed by atoms with Gasteiger partial charge >= 0.3 is 29.8 Å². The fraction of sp³-hybridized carbons (Fsp3) is 0. The number of hydrogen-bond donors (Lipinski definition) is 5. The Hall–Kier alpha value is -4.67. The van der Waals surface area contributed by atoms with Gasteiger partial charge in [-0.25, -0.2) is 24.0 Å². The van der Waals surface area contributed by atoms with E-state index >= 15 is 0 Å². The number of rotatable bonds is 6. The molecule has 2 rings (SSSR count). The van der Waals surface area contributed by atoms with E-state index < -0.39 is 29.8 Å². The lowest BCUT2D eigenvalue weighted by atomic mass is 10.1. The third kappa shape index (κ3) is 6.81. The molecule has 0 aliphatic rings. The lowest BCUT2D eigenvalue weighted by Gasteiger charge is -2.04. The van der Waals surface area contributed by atoms with Gasteiger partial charge in [-0.15, -0.1) is 0 Å². The van der Waals surface area contributed by atoms with E-state index in [2.05, 4.69) is 11.3 Å². The number of carbonyl (C=O) groups excluding carboxylic acids is 1. The Kier molecular flexibility index (Phi) is 7.82. The zero-order valence-corrected chi connectivity index (χ0v) is 14.9. The Morgan fingerprint density at radius 2 is 1.00 bits per heavy atom. The standard InChI is InChI=1S/C11H8O6.C8H6O5/c1-2-9(12)17-8-4-6(10(13)14)3-7(5-8)11(15)16;9-6-2-4(7(10)11)1-5(3-6)8(12)13/h2-5H,1H2,(H,13,14)(H,15,16);1-3,9H,(H,10,11)(H,12,13). The highest BCUT2D eigenvalue weighted by Crippen LogP contribution is 2.18. The van der Waals surface area contributed by atoms with Crippen LogP contribution >= 0.6 is 0 Å². The van der Waals surface area contributed by atoms with Crippen molar-refractivity contribution in [1.29, 1.82) is 0 Å². The largest absolute Gasteiger partial charge is 0.508 e. The molecule has 2 aromatic carbocycles. The molecule has 11 heteroatoms. The van der Waals surface area contributed by atoms with Gasteiger partial charge in [0, 0.05) is 6.08 Å². The van der Waals surface area contributed by atoms with Crippen LogP contribution in [0, 0.1) is 0 Å². The second-order valence-electron chi connectivity index (χ2n) is 5.36. The molecule has 0 fully saturated rings. The van der Waals surface area contributed by atoms with Gasteiger partial charge < -0.3 is 30.3 Å². The average Bonchev–Trinajstić information content (AvgIpc) is 2.67. The zero-order valence-electron chi connectivity index (χ0n) is 14.9. The van der Waals surface area contributed by atoms with Gasteiger partial charge in [0.05, 0.1) is 22.3 Å². The van der Waals surface area contributed by atoms with Crippen molar-refractivity contribution in [2.75, 3.05) is 0 Å². The lowest BCUT2D eigenvalue weighted by Crippen LogP contribution is -2.07. The Balaban J connectivity index is 0.000000311. The number of hydrogen-bond acceptors (Lipinski definition) is 7. The van der Waals surface area contributed by atoms with E-state index in [0.29, 0.717) is 0 Å². The predicted octanol–water partition coefficient (Wildman–Crippen LogP) is 1.96. The number of aromatic carboxylic acids is 4. The molecule has 0 radical (unpaired) electrons. The normalized spacial score (nSPS) is 9.47. The Bertz CT molecular complexity index is 972. The summed E-state index contributed by atoms with van der Waals surface area (Å²) in [6.07, 6.45) is 0.883. The second-order valence-corrected chi connectivity index (χ2v) is 5.36. The maximum atomic E-state index is 10.9. The van der Waals surface area contributed by atoms with Gasteiger partial charge in [0.25, 0.3) is 0 Å². The topological polar surface area (TPSA) is 196 Å². The summed E-state index contributed by atoms with van der Waals surface area (Å²) in [7, 11) is 0. The molecular formula is C19H14O11. The van der Waals surface area contributed by atoms with E-state index in [9.17, 15) is 24.0 Å². The summed E-state index contributed by atoms with van der Waals surface area (Å²) in [4.78, 5) is 53.2. The summed E-state index contributed by atoms with van der Waals surface area (Å²) in [6, 6.07) is 6.01. The van der Waals surface area contributed by atoms with Gasteiger partial charge in [-0.2, -0.15) is 0 Å². The third-order valence-corrected chi connectivity index (χ3v) is 3.20. The summed E-state index contributed by atoms with van der Waals surface area (Å²) in [5.41, 5.74) is -1.07. The molecule has 0 bridgehead atoms. The molecule has 0 unspecified atom stereocenters. The van der Waals surface area contributed by atoms with Crippen molar-refractivity contribution in [2.24, 2.45) is 0 Å². The van der Waals surface area contributed by atoms with Crippen molar-refractivity contribution in [2.45, 2.75) is 0 Å². The minimum absolute atomic E-state index is 0.160. The molecule has 30 heavy (non-hydrogen) atoms. The Morgan fingerprint density at radius 1 is 0.667 bits per heavy atom. The molecule has 0 saturated heterocycles. The molecular weight excluding hydrogens is 404 g/mol. The van der Waals surface area contributed by atoms with Crippen LogP contribution in [-0.2, 0) is 4.79 Å². The van der Waals surface area contributed by atoms with E-state index in [1.54, 1.807) is 0 Å². The van der Waals surface area contributed by atoms with Crippen LogP contribution in [0.3, 0.4) is 0 Å². The monoisotopic (exact) mass is 418 g/mol. The summed E-state index contributed by atoms with van der Waals surface area (Å²) in [5.74, 6) is -6.53. The first kappa shape index (κ1) is 23.4. The smallest absolute Gasteiger partial charge is 0.335 e. The Labute approximate surface area is 167 Å². The number of carbonyl (C=O) groups is 5. The number of phenolic OH excluding ortho intramolecular Hbond substituents is 1. The molecule has 5 N–H and O–H groups in total. The number of benzene rings is 2. The predicted molar refractivity (Wildman–Crippen MR) is 98.2 cm³/mol. The number of esters is 1. The molecule has 0 aliphatic carbocycles. The molecule has 0 saturated carbocycles. The van der Waals surface area contributed by atoms with Crippen molar-refractivity contribution in [3.8, 4) is 11.5 Å². The Morgan fingerprint density at radius 3 is 1.30 bits per heavy atom. The fourth-order valence-electron chi connectivity index (χ4n) is 1.92. The molecule has 2 aromatic rings. The van der Waals surface area contributed by atoms with Crippen LogP contribution in [-0.4, -0.2) is 55.4 Å². The lowest BCUT2D eigenvalue weighted by molar-refractivity contribution is -0.129. The first-order chi connectivity index (χ1) is 13.9. The van der Waals surface area contributed by atoms with E-state index in [1.165, 1.54) is 0 Å². The van der Waals surface area contributed by atoms with Gasteiger partial charge in [0.15, 0.2) is 0 Å². The number of carboxylic acids is 4. The molecule has 0 heterocycles. The molecule has 0 amide bonds. The SMILES string of the molecule is C=CC(=O)Oc1cc(C(=O)O)cc(C(=O)O)c1.O=C(O)c1cc(O)cc(C(=O)O)c1. The molecule has 0 aromatic heterocycles. The van der Waals surface area contributed by atoms with Crippen molar-refractivity contribution in [3.63, 3.8) is 0 Å². The molecule has 11 nitrogen and oxygen atoms in total. The van der Waals surface area contributed by atoms with Gasteiger partial charge in [0.1, 0.15) is 11.5 Å². The summed E-state index contributed by atoms with van der Waals surface area (Å²) in [6.45, 7) is 3.16. The van der Waals surface area contributed by atoms with Crippen LogP contribution in [0.15, 0.2) is 49.1 Å². The van der Waals surface area contributed by atoms with E-state index in [-0.39, 0.29) is 33.8 Å². The first-order valence-corrected chi connectivity index (χ1v) is 7.71. The number of aromatic hydroxyl groups is 1. The van der Waals surface area contributed by atoms with Gasteiger partial charge in [0.2, 0.25) is 0 Å². The molecule has 156 valence electrons. The van der Waals surface area contributed by atoms with Gasteiger partial charge in [-0.1, -0.05) is 6.58 Å². The van der Waals surface area contributed by atoms with Crippen LogP contribution in [0.5, 0.6) is 11.5 Å². The van der Waals surface area contributed by atoms with Crippen molar-refractivity contribution < 1.29 is 54.2 Å². The van der Waals surface area contributed by atoms with Crippen LogP contribution < -0.4 is 4.74 Å². The van der Waals surface area contributed by atoms with Crippen molar-refractivity contribution >= 4 is 29.8 Å². The number of carboxylic acid groups (broad SMARTS) is 4. The van der Waals surface area contributed by atoms with Gasteiger partial charge in [-0.05, 0) is 36.4 Å². The molecule has 0 atom stereocenters. The first-order valence-electron chi connectivity index (χ1n) is 7.71. The maximum absolute atomic E-state index is 10.9.